The Morgan fingerprint density at radius 2 is 1.95 bits per heavy atom. The Labute approximate surface area is 126 Å². The summed E-state index contributed by atoms with van der Waals surface area (Å²) >= 11 is 0. The SMILES string of the molecule is CNC(=O)C(C(C)C)n1ccc2c([N+](=O)[O-])cccc2c1=O. The van der Waals surface area contributed by atoms with Crippen LogP contribution in [0.5, 0.6) is 0 Å². The Kier molecular flexibility index (Phi) is 4.25. The predicted molar refractivity (Wildman–Crippen MR) is 82.8 cm³/mol. The number of benzene rings is 1. The minimum Gasteiger partial charge on any atom is -0.357 e. The van der Waals surface area contributed by atoms with E-state index in [0.29, 0.717) is 0 Å². The molecular weight excluding hydrogens is 286 g/mol. The first-order valence-electron chi connectivity index (χ1n) is 6.88. The van der Waals surface area contributed by atoms with Crippen LogP contribution in [0.15, 0.2) is 35.3 Å². The van der Waals surface area contributed by atoms with Crippen molar-refractivity contribution in [2.45, 2.75) is 19.9 Å². The fraction of sp³-hybridized carbons (Fsp3) is 0.333. The number of amides is 1. The van der Waals surface area contributed by atoms with Crippen LogP contribution >= 0.6 is 0 Å². The number of carbonyl (C=O) groups excluding carboxylic acids is 1. The van der Waals surface area contributed by atoms with Gasteiger partial charge in [0, 0.05) is 19.3 Å². The molecule has 1 N–H and O–H groups in total. The number of hydrogen-bond donors (Lipinski definition) is 1. The summed E-state index contributed by atoms with van der Waals surface area (Å²) in [6.07, 6.45) is 1.44. The number of rotatable bonds is 4. The van der Waals surface area contributed by atoms with Crippen molar-refractivity contribution in [2.24, 2.45) is 5.92 Å². The third-order valence-electron chi connectivity index (χ3n) is 3.59. The van der Waals surface area contributed by atoms with Crippen LogP contribution in [0.3, 0.4) is 0 Å². The van der Waals surface area contributed by atoms with Gasteiger partial charge in [-0.05, 0) is 18.1 Å². The molecule has 0 fully saturated rings. The summed E-state index contributed by atoms with van der Waals surface area (Å²) in [6.45, 7) is 3.67. The van der Waals surface area contributed by atoms with E-state index in [1.54, 1.807) is 0 Å². The summed E-state index contributed by atoms with van der Waals surface area (Å²) in [5.41, 5.74) is -0.536. The Bertz CT molecular complexity index is 795. The molecule has 2 aromatic rings. The van der Waals surface area contributed by atoms with E-state index in [4.69, 9.17) is 0 Å². The van der Waals surface area contributed by atoms with E-state index in [0.717, 1.165) is 0 Å². The van der Waals surface area contributed by atoms with Gasteiger partial charge in [-0.25, -0.2) is 0 Å². The summed E-state index contributed by atoms with van der Waals surface area (Å²) in [4.78, 5) is 35.2. The molecule has 0 bridgehead atoms. The topological polar surface area (TPSA) is 94.2 Å². The number of nitrogens with one attached hydrogen (secondary N) is 1. The number of carbonyl (C=O) groups is 1. The molecule has 1 aromatic heterocycles. The summed E-state index contributed by atoms with van der Waals surface area (Å²) in [7, 11) is 1.51. The van der Waals surface area contributed by atoms with Crippen LogP contribution in [0.25, 0.3) is 10.8 Å². The van der Waals surface area contributed by atoms with Gasteiger partial charge in [-0.2, -0.15) is 0 Å². The first-order chi connectivity index (χ1) is 10.4. The van der Waals surface area contributed by atoms with Crippen molar-refractivity contribution >= 4 is 22.4 Å². The van der Waals surface area contributed by atoms with Crippen molar-refractivity contribution in [3.63, 3.8) is 0 Å². The van der Waals surface area contributed by atoms with Crippen LogP contribution in [0.1, 0.15) is 19.9 Å². The lowest BCUT2D eigenvalue weighted by Crippen LogP contribution is -2.38. The quantitative estimate of drug-likeness (QED) is 0.689. The van der Waals surface area contributed by atoms with Crippen molar-refractivity contribution in [1.29, 1.82) is 0 Å². The Morgan fingerprint density at radius 1 is 1.27 bits per heavy atom. The molecule has 0 spiro atoms. The minimum atomic E-state index is -0.666. The van der Waals surface area contributed by atoms with Gasteiger partial charge < -0.3 is 9.88 Å². The third-order valence-corrected chi connectivity index (χ3v) is 3.59. The number of nitrogens with zero attached hydrogens (tertiary/aromatic N) is 2. The Morgan fingerprint density at radius 3 is 2.50 bits per heavy atom. The largest absolute Gasteiger partial charge is 0.357 e. The summed E-state index contributed by atoms with van der Waals surface area (Å²) in [5, 5.41) is 14.1. The molecule has 22 heavy (non-hydrogen) atoms. The molecule has 2 rings (SSSR count). The number of likely N-dealkylation sites (N-methyl/N-ethyl adjacent to an activating group) is 1. The Balaban J connectivity index is 2.73. The van der Waals surface area contributed by atoms with Crippen LogP contribution in [-0.2, 0) is 4.79 Å². The lowest BCUT2D eigenvalue weighted by Gasteiger charge is -2.22. The molecule has 1 unspecified atom stereocenters. The maximum Gasteiger partial charge on any atom is 0.277 e. The number of fused-ring (bicyclic) bond motifs is 1. The zero-order valence-electron chi connectivity index (χ0n) is 12.6. The minimum absolute atomic E-state index is 0.103. The molecule has 0 saturated carbocycles. The smallest absolute Gasteiger partial charge is 0.277 e. The van der Waals surface area contributed by atoms with Gasteiger partial charge in [-0.3, -0.25) is 19.7 Å². The summed E-state index contributed by atoms with van der Waals surface area (Å²) in [5.74, 6) is -0.379. The second kappa shape index (κ2) is 5.97. The molecule has 7 heteroatoms. The monoisotopic (exact) mass is 303 g/mol. The number of hydrogen-bond acceptors (Lipinski definition) is 4. The number of non-ortho nitro benzene ring substituents is 1. The van der Waals surface area contributed by atoms with Crippen LogP contribution in [0.4, 0.5) is 5.69 Å². The van der Waals surface area contributed by atoms with Gasteiger partial charge in [0.25, 0.3) is 11.2 Å². The highest BCUT2D eigenvalue weighted by Crippen LogP contribution is 2.24. The summed E-state index contributed by atoms with van der Waals surface area (Å²) in [6, 6.07) is 5.19. The van der Waals surface area contributed by atoms with E-state index < -0.39 is 16.5 Å². The van der Waals surface area contributed by atoms with Gasteiger partial charge in [-0.1, -0.05) is 19.9 Å². The molecule has 1 aromatic carbocycles. The fourth-order valence-corrected chi connectivity index (χ4v) is 2.55. The predicted octanol–water partition coefficient (Wildman–Crippen LogP) is 1.85. The van der Waals surface area contributed by atoms with Gasteiger partial charge in [0.15, 0.2) is 0 Å². The van der Waals surface area contributed by atoms with E-state index >= 15 is 0 Å². The normalized spacial score (nSPS) is 12.4. The molecule has 1 atom stereocenters. The van der Waals surface area contributed by atoms with E-state index in [9.17, 15) is 19.7 Å². The molecular formula is C15H17N3O4. The first kappa shape index (κ1) is 15.7. The molecule has 0 aliphatic carbocycles. The van der Waals surface area contributed by atoms with E-state index in [2.05, 4.69) is 5.32 Å². The fourth-order valence-electron chi connectivity index (χ4n) is 2.55. The van der Waals surface area contributed by atoms with Crippen LogP contribution < -0.4 is 10.9 Å². The van der Waals surface area contributed by atoms with Gasteiger partial charge in [0.2, 0.25) is 5.91 Å². The van der Waals surface area contributed by atoms with Gasteiger partial charge in [0.05, 0.1) is 15.7 Å². The molecule has 0 aliphatic rings. The number of aromatic nitrogens is 1. The zero-order valence-corrected chi connectivity index (χ0v) is 12.6. The molecule has 0 saturated heterocycles. The molecule has 116 valence electrons. The maximum absolute atomic E-state index is 12.6. The van der Waals surface area contributed by atoms with Crippen LogP contribution in [0, 0.1) is 16.0 Å². The zero-order chi connectivity index (χ0) is 16.4. The lowest BCUT2D eigenvalue weighted by atomic mass is 10.0. The van der Waals surface area contributed by atoms with E-state index in [-0.39, 0.29) is 28.3 Å². The van der Waals surface area contributed by atoms with Gasteiger partial charge >= 0.3 is 0 Å². The number of nitro groups is 1. The highest BCUT2D eigenvalue weighted by molar-refractivity contribution is 5.90. The molecule has 0 radical (unpaired) electrons. The second-order valence-corrected chi connectivity index (χ2v) is 5.33. The van der Waals surface area contributed by atoms with Crippen LogP contribution in [0.2, 0.25) is 0 Å². The first-order valence-corrected chi connectivity index (χ1v) is 6.88. The highest BCUT2D eigenvalue weighted by Gasteiger charge is 2.25. The highest BCUT2D eigenvalue weighted by atomic mass is 16.6. The molecule has 7 nitrogen and oxygen atoms in total. The van der Waals surface area contributed by atoms with Crippen molar-refractivity contribution < 1.29 is 9.72 Å². The van der Waals surface area contributed by atoms with Crippen molar-refractivity contribution in [1.82, 2.24) is 9.88 Å². The third kappa shape index (κ3) is 2.57. The number of nitro benzene ring substituents is 1. The van der Waals surface area contributed by atoms with Crippen molar-refractivity contribution in [3.05, 3.63) is 50.9 Å². The second-order valence-electron chi connectivity index (χ2n) is 5.33. The molecule has 1 heterocycles. The van der Waals surface area contributed by atoms with Crippen LogP contribution in [-0.4, -0.2) is 22.4 Å². The standard InChI is InChI=1S/C15H17N3O4/c1-9(2)13(14(19)16-3)17-8-7-10-11(15(17)20)5-4-6-12(10)18(21)22/h4-9,13H,1-3H3,(H,16,19). The van der Waals surface area contributed by atoms with E-state index in [1.807, 2.05) is 13.8 Å². The maximum atomic E-state index is 12.6. The molecule has 0 aliphatic heterocycles. The average molecular weight is 303 g/mol. The Hall–Kier alpha value is -2.70. The summed E-state index contributed by atoms with van der Waals surface area (Å²) < 4.78 is 1.33. The molecule has 1 amide bonds. The van der Waals surface area contributed by atoms with E-state index in [1.165, 1.54) is 42.1 Å². The van der Waals surface area contributed by atoms with Gasteiger partial charge in [-0.15, -0.1) is 0 Å². The van der Waals surface area contributed by atoms with Crippen molar-refractivity contribution in [3.8, 4) is 0 Å². The average Bonchev–Trinajstić information content (AvgIpc) is 2.48. The lowest BCUT2D eigenvalue weighted by molar-refractivity contribution is -0.383. The van der Waals surface area contributed by atoms with Crippen molar-refractivity contribution in [2.75, 3.05) is 7.05 Å². The van der Waals surface area contributed by atoms with Gasteiger partial charge in [0.1, 0.15) is 6.04 Å². The number of pyridine rings is 1.